The Morgan fingerprint density at radius 1 is 1.39 bits per heavy atom. The van der Waals surface area contributed by atoms with E-state index in [0.717, 1.165) is 12.1 Å². The first kappa shape index (κ1) is 12.8. The molecule has 0 saturated carbocycles. The molecule has 1 aromatic carbocycles. The zero-order valence-corrected chi connectivity index (χ0v) is 9.18. The fraction of sp³-hybridized carbons (Fsp3) is 0.364. The highest BCUT2D eigenvalue weighted by atomic mass is 19.4. The van der Waals surface area contributed by atoms with E-state index in [1.54, 1.807) is 0 Å². The summed E-state index contributed by atoms with van der Waals surface area (Å²) in [5.74, 6) is -5.30. The van der Waals surface area contributed by atoms with Crippen molar-refractivity contribution in [3.63, 3.8) is 0 Å². The highest BCUT2D eigenvalue weighted by Gasteiger charge is 2.65. The SMILES string of the molecule is CCOC1(C(F)(F)F)OC(=O)c2ccc(F)cc21. The average molecular weight is 264 g/mol. The number of fused-ring (bicyclic) bond motifs is 1. The predicted octanol–water partition coefficient (Wildman–Crippen LogP) is 2.75. The van der Waals surface area contributed by atoms with Gasteiger partial charge in [-0.05, 0) is 25.1 Å². The van der Waals surface area contributed by atoms with Gasteiger partial charge < -0.3 is 9.47 Å². The van der Waals surface area contributed by atoms with E-state index in [1.807, 2.05) is 0 Å². The van der Waals surface area contributed by atoms with Gasteiger partial charge in [0.15, 0.2) is 0 Å². The number of hydrogen-bond acceptors (Lipinski definition) is 3. The minimum absolute atomic E-state index is 0.345. The summed E-state index contributed by atoms with van der Waals surface area (Å²) in [6.07, 6.45) is -4.99. The largest absolute Gasteiger partial charge is 0.460 e. The third-order valence-corrected chi connectivity index (χ3v) is 2.51. The fourth-order valence-electron chi connectivity index (χ4n) is 1.81. The summed E-state index contributed by atoms with van der Waals surface area (Å²) >= 11 is 0. The first-order valence-corrected chi connectivity index (χ1v) is 5.06. The van der Waals surface area contributed by atoms with Gasteiger partial charge in [0.2, 0.25) is 0 Å². The van der Waals surface area contributed by atoms with Crippen LogP contribution in [0.4, 0.5) is 17.6 Å². The standard InChI is InChI=1S/C11H8F4O3/c1-2-17-10(11(13,14)15)8-5-6(12)3-4-7(8)9(16)18-10/h3-5H,2H2,1H3. The first-order chi connectivity index (χ1) is 8.32. The molecule has 0 aliphatic carbocycles. The molecule has 0 amide bonds. The third-order valence-electron chi connectivity index (χ3n) is 2.51. The summed E-state index contributed by atoms with van der Waals surface area (Å²) in [4.78, 5) is 11.4. The molecule has 7 heteroatoms. The van der Waals surface area contributed by atoms with Crippen molar-refractivity contribution in [3.8, 4) is 0 Å². The van der Waals surface area contributed by atoms with Gasteiger partial charge in [0.05, 0.1) is 11.1 Å². The highest BCUT2D eigenvalue weighted by Crippen LogP contribution is 2.48. The van der Waals surface area contributed by atoms with Crippen LogP contribution in [0.5, 0.6) is 0 Å². The molecule has 0 saturated heterocycles. The molecule has 1 atom stereocenters. The molecule has 0 fully saturated rings. The van der Waals surface area contributed by atoms with E-state index in [9.17, 15) is 22.4 Å². The molecule has 0 bridgehead atoms. The Morgan fingerprint density at radius 2 is 2.06 bits per heavy atom. The van der Waals surface area contributed by atoms with Crippen molar-refractivity contribution in [1.82, 2.24) is 0 Å². The minimum atomic E-state index is -4.99. The van der Waals surface area contributed by atoms with Crippen molar-refractivity contribution < 1.29 is 31.8 Å². The number of cyclic esters (lactones) is 1. The molecule has 0 spiro atoms. The molecule has 0 aromatic heterocycles. The van der Waals surface area contributed by atoms with Crippen molar-refractivity contribution in [1.29, 1.82) is 0 Å². The number of alkyl halides is 3. The van der Waals surface area contributed by atoms with E-state index < -0.39 is 29.3 Å². The van der Waals surface area contributed by atoms with Crippen LogP contribution < -0.4 is 0 Å². The minimum Gasteiger partial charge on any atom is -0.415 e. The van der Waals surface area contributed by atoms with Crippen LogP contribution in [0.2, 0.25) is 0 Å². The zero-order valence-electron chi connectivity index (χ0n) is 9.18. The highest BCUT2D eigenvalue weighted by molar-refractivity contribution is 5.94. The van der Waals surface area contributed by atoms with Crippen LogP contribution in [0.25, 0.3) is 0 Å². The van der Waals surface area contributed by atoms with Crippen molar-refractivity contribution >= 4 is 5.97 Å². The average Bonchev–Trinajstić information content (AvgIpc) is 2.52. The van der Waals surface area contributed by atoms with E-state index in [2.05, 4.69) is 9.47 Å². The number of benzene rings is 1. The van der Waals surface area contributed by atoms with Gasteiger partial charge in [-0.2, -0.15) is 13.2 Å². The number of carbonyl (C=O) groups excluding carboxylic acids is 1. The molecule has 0 radical (unpaired) electrons. The molecule has 98 valence electrons. The second-order valence-electron chi connectivity index (χ2n) is 3.63. The Bertz CT molecular complexity index is 498. The smallest absolute Gasteiger partial charge is 0.415 e. The van der Waals surface area contributed by atoms with Crippen LogP contribution >= 0.6 is 0 Å². The maximum Gasteiger partial charge on any atom is 0.460 e. The number of esters is 1. The Hall–Kier alpha value is -1.63. The summed E-state index contributed by atoms with van der Waals surface area (Å²) in [7, 11) is 0. The predicted molar refractivity (Wildman–Crippen MR) is 51.2 cm³/mol. The lowest BCUT2D eigenvalue weighted by Gasteiger charge is -2.30. The molecule has 18 heavy (non-hydrogen) atoms. The maximum absolute atomic E-state index is 13.1. The zero-order chi connectivity index (χ0) is 13.6. The molecular weight excluding hydrogens is 256 g/mol. The van der Waals surface area contributed by atoms with Crippen LogP contribution in [-0.4, -0.2) is 18.8 Å². The summed E-state index contributed by atoms with van der Waals surface area (Å²) in [6.45, 7) is 0.974. The van der Waals surface area contributed by atoms with Gasteiger partial charge in [0.25, 0.3) is 0 Å². The number of rotatable bonds is 2. The number of carbonyl (C=O) groups is 1. The van der Waals surface area contributed by atoms with Crippen LogP contribution in [0.15, 0.2) is 18.2 Å². The fourth-order valence-corrected chi connectivity index (χ4v) is 1.81. The summed E-state index contributed by atoms with van der Waals surface area (Å²) in [5.41, 5.74) is -0.996. The number of halogens is 4. The second kappa shape index (κ2) is 3.94. The normalized spacial score (nSPS) is 22.8. The van der Waals surface area contributed by atoms with Crippen LogP contribution in [-0.2, 0) is 15.3 Å². The monoisotopic (exact) mass is 264 g/mol. The van der Waals surface area contributed by atoms with Crippen molar-refractivity contribution in [2.75, 3.05) is 6.61 Å². The Morgan fingerprint density at radius 3 is 2.61 bits per heavy atom. The topological polar surface area (TPSA) is 35.5 Å². The molecule has 1 heterocycles. The molecule has 1 aromatic rings. The first-order valence-electron chi connectivity index (χ1n) is 5.06. The Balaban J connectivity index is 2.66. The quantitative estimate of drug-likeness (QED) is 0.608. The maximum atomic E-state index is 13.1. The van der Waals surface area contributed by atoms with E-state index in [4.69, 9.17) is 0 Å². The lowest BCUT2D eigenvalue weighted by Crippen LogP contribution is -2.45. The van der Waals surface area contributed by atoms with Crippen LogP contribution in [0, 0.1) is 5.82 Å². The molecule has 2 rings (SSSR count). The molecule has 1 aliphatic rings. The van der Waals surface area contributed by atoms with Gasteiger partial charge in [-0.25, -0.2) is 9.18 Å². The number of hydrogen-bond donors (Lipinski definition) is 0. The van der Waals surface area contributed by atoms with Gasteiger partial charge in [-0.3, -0.25) is 0 Å². The van der Waals surface area contributed by atoms with E-state index in [1.165, 1.54) is 6.92 Å². The summed E-state index contributed by atoms with van der Waals surface area (Å²) in [5, 5.41) is 0. The van der Waals surface area contributed by atoms with Gasteiger partial charge in [-0.1, -0.05) is 0 Å². The van der Waals surface area contributed by atoms with E-state index >= 15 is 0 Å². The van der Waals surface area contributed by atoms with Gasteiger partial charge in [0.1, 0.15) is 5.82 Å². The molecular formula is C11H8F4O3. The Kier molecular flexibility index (Phi) is 2.81. The molecule has 1 aliphatic heterocycles. The Labute approximate surface area is 99.3 Å². The lowest BCUT2D eigenvalue weighted by molar-refractivity contribution is -0.365. The molecule has 1 unspecified atom stereocenters. The van der Waals surface area contributed by atoms with Gasteiger partial charge in [0, 0.05) is 6.61 Å². The van der Waals surface area contributed by atoms with E-state index in [-0.39, 0.29) is 12.2 Å². The summed E-state index contributed by atoms with van der Waals surface area (Å²) in [6, 6.07) is 2.43. The number of ether oxygens (including phenoxy) is 2. The van der Waals surface area contributed by atoms with Crippen LogP contribution in [0.3, 0.4) is 0 Å². The van der Waals surface area contributed by atoms with Crippen molar-refractivity contribution in [2.45, 2.75) is 18.9 Å². The third kappa shape index (κ3) is 1.66. The van der Waals surface area contributed by atoms with E-state index in [0.29, 0.717) is 6.07 Å². The summed E-state index contributed by atoms with van der Waals surface area (Å²) < 4.78 is 61.2. The van der Waals surface area contributed by atoms with Crippen molar-refractivity contribution in [2.24, 2.45) is 0 Å². The second-order valence-corrected chi connectivity index (χ2v) is 3.63. The van der Waals surface area contributed by atoms with Crippen LogP contribution in [0.1, 0.15) is 22.8 Å². The molecule has 0 N–H and O–H groups in total. The molecule has 3 nitrogen and oxygen atoms in total. The van der Waals surface area contributed by atoms with Gasteiger partial charge in [-0.15, -0.1) is 0 Å². The van der Waals surface area contributed by atoms with Crippen molar-refractivity contribution in [3.05, 3.63) is 35.1 Å². The van der Waals surface area contributed by atoms with Gasteiger partial charge >= 0.3 is 17.9 Å². The lowest BCUT2D eigenvalue weighted by atomic mass is 10.0.